The number of halogens is 1. The van der Waals surface area contributed by atoms with E-state index in [1.165, 1.54) is 24.3 Å². The van der Waals surface area contributed by atoms with Crippen LogP contribution in [0.25, 0.3) is 0 Å². The van der Waals surface area contributed by atoms with Crippen LogP contribution in [0.2, 0.25) is 0 Å². The Bertz CT molecular complexity index is 928. The summed E-state index contributed by atoms with van der Waals surface area (Å²) in [7, 11) is -4.10. The molecule has 0 atom stereocenters. The number of rotatable bonds is 5. The van der Waals surface area contributed by atoms with Gasteiger partial charge in [0.1, 0.15) is 22.2 Å². The fraction of sp³-hybridized carbons (Fsp3) is 0. The zero-order valence-corrected chi connectivity index (χ0v) is 13.1. The predicted molar refractivity (Wildman–Crippen MR) is 85.0 cm³/mol. The third-order valence-corrected chi connectivity index (χ3v) is 4.22. The minimum absolute atomic E-state index is 0.0904. The van der Waals surface area contributed by atoms with Gasteiger partial charge in [-0.2, -0.15) is 8.42 Å². The average Bonchev–Trinajstić information content (AvgIpc) is 2.57. The summed E-state index contributed by atoms with van der Waals surface area (Å²) in [6.07, 6.45) is 1.60. The molecule has 0 unspecified atom stereocenters. The molecule has 0 aliphatic carbocycles. The normalized spacial score (nSPS) is 11.0. The molecule has 0 aliphatic heterocycles. The first-order valence-electron chi connectivity index (χ1n) is 6.92. The molecule has 3 rings (SSSR count). The first-order chi connectivity index (χ1) is 11.5. The first kappa shape index (κ1) is 15.9. The van der Waals surface area contributed by atoms with Crippen LogP contribution in [0.4, 0.5) is 4.39 Å². The summed E-state index contributed by atoms with van der Waals surface area (Å²) in [5, 5.41) is 0. The van der Waals surface area contributed by atoms with Gasteiger partial charge in [0.25, 0.3) is 0 Å². The van der Waals surface area contributed by atoms with Gasteiger partial charge in [-0.1, -0.05) is 12.1 Å². The fourth-order valence-electron chi connectivity index (χ4n) is 1.89. The molecule has 0 N–H and O–H groups in total. The lowest BCUT2D eigenvalue weighted by molar-refractivity contribution is 0.459. The molecule has 1 heterocycles. The lowest BCUT2D eigenvalue weighted by atomic mass is 10.3. The van der Waals surface area contributed by atoms with Crippen molar-refractivity contribution in [3.05, 3.63) is 78.7 Å². The fourth-order valence-corrected chi connectivity index (χ4v) is 2.85. The highest BCUT2D eigenvalue weighted by molar-refractivity contribution is 7.87. The molecule has 24 heavy (non-hydrogen) atoms. The molecule has 0 spiro atoms. The molecule has 5 nitrogen and oxygen atoms in total. The molecule has 0 saturated heterocycles. The highest BCUT2D eigenvalue weighted by Crippen LogP contribution is 2.24. The van der Waals surface area contributed by atoms with Crippen molar-refractivity contribution in [2.24, 2.45) is 0 Å². The smallest absolute Gasteiger partial charge is 0.339 e. The van der Waals surface area contributed by atoms with Crippen molar-refractivity contribution in [1.29, 1.82) is 0 Å². The van der Waals surface area contributed by atoms with Gasteiger partial charge in [-0.05, 0) is 48.5 Å². The highest BCUT2D eigenvalue weighted by atomic mass is 32.2. The summed E-state index contributed by atoms with van der Waals surface area (Å²) < 4.78 is 47.8. The summed E-state index contributed by atoms with van der Waals surface area (Å²) in [4.78, 5) is 3.77. The van der Waals surface area contributed by atoms with Gasteiger partial charge < -0.3 is 8.92 Å². The van der Waals surface area contributed by atoms with Crippen LogP contribution < -0.4 is 8.92 Å². The van der Waals surface area contributed by atoms with Crippen LogP contribution in [0.1, 0.15) is 0 Å². The van der Waals surface area contributed by atoms with Crippen LogP contribution in [-0.4, -0.2) is 13.4 Å². The van der Waals surface area contributed by atoms with Crippen molar-refractivity contribution in [2.75, 3.05) is 0 Å². The molecular weight excluding hydrogens is 333 g/mol. The molecule has 0 radical (unpaired) electrons. The molecule has 0 fully saturated rings. The zero-order valence-electron chi connectivity index (χ0n) is 12.3. The van der Waals surface area contributed by atoms with Gasteiger partial charge in [0, 0.05) is 12.3 Å². The standard InChI is InChI=1S/C17H12FNO4S/c18-13-4-3-5-16(12-13)24(20,21)23-15-9-7-14(8-10-15)22-17-6-1-2-11-19-17/h1-12H. The summed E-state index contributed by atoms with van der Waals surface area (Å²) in [5.74, 6) is 0.328. The second-order valence-corrected chi connectivity index (χ2v) is 6.28. The van der Waals surface area contributed by atoms with Crippen molar-refractivity contribution < 1.29 is 21.7 Å². The van der Waals surface area contributed by atoms with Gasteiger partial charge >= 0.3 is 10.1 Å². The number of hydrogen-bond acceptors (Lipinski definition) is 5. The molecule has 3 aromatic rings. The molecular formula is C17H12FNO4S. The molecule has 2 aromatic carbocycles. The number of hydrogen-bond donors (Lipinski definition) is 0. The van der Waals surface area contributed by atoms with Crippen molar-refractivity contribution in [3.63, 3.8) is 0 Å². The van der Waals surface area contributed by atoms with E-state index in [0.717, 1.165) is 12.1 Å². The molecule has 0 bridgehead atoms. The average molecular weight is 345 g/mol. The van der Waals surface area contributed by atoms with Gasteiger partial charge in [0.05, 0.1) is 0 Å². The van der Waals surface area contributed by atoms with E-state index >= 15 is 0 Å². The van der Waals surface area contributed by atoms with E-state index in [9.17, 15) is 12.8 Å². The van der Waals surface area contributed by atoms with Crippen molar-refractivity contribution >= 4 is 10.1 Å². The second kappa shape index (κ2) is 6.67. The molecule has 122 valence electrons. The van der Waals surface area contributed by atoms with E-state index in [4.69, 9.17) is 8.92 Å². The number of benzene rings is 2. The Kier molecular flexibility index (Phi) is 4.43. The zero-order chi connectivity index (χ0) is 17.0. The van der Waals surface area contributed by atoms with Gasteiger partial charge in [0.2, 0.25) is 5.88 Å². The van der Waals surface area contributed by atoms with Crippen LogP contribution in [0.5, 0.6) is 17.4 Å². The third kappa shape index (κ3) is 3.88. The Balaban J connectivity index is 1.74. The van der Waals surface area contributed by atoms with Crippen LogP contribution >= 0.6 is 0 Å². The van der Waals surface area contributed by atoms with Crippen molar-refractivity contribution in [3.8, 4) is 17.4 Å². The van der Waals surface area contributed by atoms with Crippen LogP contribution in [0, 0.1) is 5.82 Å². The molecule has 0 saturated carbocycles. The maximum atomic E-state index is 13.2. The first-order valence-corrected chi connectivity index (χ1v) is 8.33. The highest BCUT2D eigenvalue weighted by Gasteiger charge is 2.17. The summed E-state index contributed by atoms with van der Waals surface area (Å²) in [6.45, 7) is 0. The SMILES string of the molecule is O=S(=O)(Oc1ccc(Oc2ccccn2)cc1)c1cccc(F)c1. The minimum atomic E-state index is -4.10. The third-order valence-electron chi connectivity index (χ3n) is 2.97. The van der Waals surface area contributed by atoms with E-state index in [1.54, 1.807) is 36.5 Å². The van der Waals surface area contributed by atoms with Crippen molar-refractivity contribution in [1.82, 2.24) is 4.98 Å². The maximum Gasteiger partial charge on any atom is 0.339 e. The van der Waals surface area contributed by atoms with E-state index in [0.29, 0.717) is 11.6 Å². The summed E-state index contributed by atoms with van der Waals surface area (Å²) >= 11 is 0. The van der Waals surface area contributed by atoms with Crippen molar-refractivity contribution in [2.45, 2.75) is 4.90 Å². The van der Waals surface area contributed by atoms with Crippen LogP contribution in [0.3, 0.4) is 0 Å². The van der Waals surface area contributed by atoms with E-state index in [2.05, 4.69) is 4.98 Å². The van der Waals surface area contributed by atoms with E-state index in [1.807, 2.05) is 0 Å². The Morgan fingerprint density at radius 3 is 2.29 bits per heavy atom. The minimum Gasteiger partial charge on any atom is -0.439 e. The predicted octanol–water partition coefficient (Wildman–Crippen LogP) is 3.78. The van der Waals surface area contributed by atoms with Gasteiger partial charge in [-0.25, -0.2) is 9.37 Å². The Morgan fingerprint density at radius 2 is 1.62 bits per heavy atom. The number of pyridine rings is 1. The number of nitrogens with zero attached hydrogens (tertiary/aromatic N) is 1. The van der Waals surface area contributed by atoms with Gasteiger partial charge in [-0.3, -0.25) is 0 Å². The van der Waals surface area contributed by atoms with Crippen LogP contribution in [-0.2, 0) is 10.1 Å². The lowest BCUT2D eigenvalue weighted by Crippen LogP contribution is -2.09. The largest absolute Gasteiger partial charge is 0.439 e. The Morgan fingerprint density at radius 1 is 0.875 bits per heavy atom. The Labute approximate surface area is 138 Å². The van der Waals surface area contributed by atoms with Gasteiger partial charge in [-0.15, -0.1) is 0 Å². The Hall–Kier alpha value is -2.93. The number of ether oxygens (including phenoxy) is 1. The molecule has 0 aliphatic rings. The van der Waals surface area contributed by atoms with E-state index in [-0.39, 0.29) is 10.6 Å². The van der Waals surface area contributed by atoms with E-state index < -0.39 is 15.9 Å². The molecule has 7 heteroatoms. The summed E-state index contributed by atoms with van der Waals surface area (Å²) in [6, 6.07) is 15.8. The quantitative estimate of drug-likeness (QED) is 0.659. The monoisotopic (exact) mass is 345 g/mol. The molecule has 1 aromatic heterocycles. The lowest BCUT2D eigenvalue weighted by Gasteiger charge is -2.08. The van der Waals surface area contributed by atoms with Gasteiger partial charge in [0.15, 0.2) is 0 Å². The summed E-state index contributed by atoms with van der Waals surface area (Å²) in [5.41, 5.74) is 0. The molecule has 0 amide bonds. The van der Waals surface area contributed by atoms with Crippen LogP contribution in [0.15, 0.2) is 77.8 Å². The topological polar surface area (TPSA) is 65.5 Å². The number of aromatic nitrogens is 1. The maximum absolute atomic E-state index is 13.2. The second-order valence-electron chi connectivity index (χ2n) is 4.74.